The maximum absolute atomic E-state index is 12.3. The van der Waals surface area contributed by atoms with E-state index in [9.17, 15) is 4.79 Å². The summed E-state index contributed by atoms with van der Waals surface area (Å²) >= 11 is 2.83. The molecule has 1 aliphatic rings. The number of benzene rings is 1. The predicted molar refractivity (Wildman–Crippen MR) is 117 cm³/mol. The molecule has 0 bridgehead atoms. The topological polar surface area (TPSA) is 75.9 Å². The fourth-order valence-corrected chi connectivity index (χ4v) is 4.82. The van der Waals surface area contributed by atoms with Gasteiger partial charge in [-0.2, -0.15) is 0 Å². The number of thiazole rings is 1. The van der Waals surface area contributed by atoms with Gasteiger partial charge < -0.3 is 5.32 Å². The van der Waals surface area contributed by atoms with Crippen LogP contribution in [0.4, 0.5) is 5.13 Å². The molecule has 2 aromatic heterocycles. The lowest BCUT2D eigenvalue weighted by molar-refractivity contribution is -0.113. The van der Waals surface area contributed by atoms with Gasteiger partial charge in [0.25, 0.3) is 0 Å². The van der Waals surface area contributed by atoms with Gasteiger partial charge >= 0.3 is 0 Å². The second-order valence-electron chi connectivity index (χ2n) is 7.04. The van der Waals surface area contributed by atoms with Crippen LogP contribution in [0.1, 0.15) is 30.8 Å². The van der Waals surface area contributed by atoms with Gasteiger partial charge in [-0.25, -0.2) is 4.98 Å². The van der Waals surface area contributed by atoms with E-state index in [0.717, 1.165) is 42.0 Å². The van der Waals surface area contributed by atoms with Gasteiger partial charge in [0.2, 0.25) is 5.91 Å². The monoisotopic (exact) mass is 428 g/mol. The third-order valence-electron chi connectivity index (χ3n) is 4.73. The Labute approximate surface area is 178 Å². The minimum absolute atomic E-state index is 0.0930. The number of rotatable bonds is 7. The minimum atomic E-state index is -0.0930. The molecule has 1 saturated heterocycles. The molecule has 1 aliphatic heterocycles. The van der Waals surface area contributed by atoms with Crippen LogP contribution in [-0.2, 0) is 11.3 Å². The van der Waals surface area contributed by atoms with E-state index in [1.54, 1.807) is 0 Å². The van der Waals surface area contributed by atoms with Gasteiger partial charge in [0.1, 0.15) is 0 Å². The number of anilines is 1. The highest BCUT2D eigenvalue weighted by Gasteiger charge is 2.19. The van der Waals surface area contributed by atoms with Gasteiger partial charge in [-0.15, -0.1) is 21.5 Å². The Morgan fingerprint density at radius 3 is 2.69 bits per heavy atom. The predicted octanol–water partition coefficient (Wildman–Crippen LogP) is 3.75. The van der Waals surface area contributed by atoms with E-state index in [2.05, 4.69) is 30.0 Å². The van der Waals surface area contributed by atoms with Crippen molar-refractivity contribution in [2.75, 3.05) is 24.2 Å². The highest BCUT2D eigenvalue weighted by atomic mass is 32.2. The molecule has 7 nitrogen and oxygen atoms in total. The molecule has 0 aliphatic carbocycles. The van der Waals surface area contributed by atoms with Crippen LogP contribution in [-0.4, -0.2) is 49.4 Å². The molecule has 1 N–H and O–H groups in total. The zero-order chi connectivity index (χ0) is 20.1. The Hall–Kier alpha value is -2.23. The molecule has 4 rings (SSSR count). The lowest BCUT2D eigenvalue weighted by atomic mass is 10.1. The Balaban J connectivity index is 1.49. The number of carbonyl (C=O) groups excluding carboxylic acids is 1. The normalized spacial score (nSPS) is 14.8. The third kappa shape index (κ3) is 5.23. The highest BCUT2D eigenvalue weighted by molar-refractivity contribution is 7.99. The van der Waals surface area contributed by atoms with Gasteiger partial charge in [-0.3, -0.25) is 14.3 Å². The largest absolute Gasteiger partial charge is 0.301 e. The van der Waals surface area contributed by atoms with Crippen molar-refractivity contribution in [1.82, 2.24) is 24.6 Å². The van der Waals surface area contributed by atoms with E-state index >= 15 is 0 Å². The molecule has 0 saturated carbocycles. The number of nitrogens with zero attached hydrogens (tertiary/aromatic N) is 5. The van der Waals surface area contributed by atoms with Gasteiger partial charge in [-0.05, 0) is 45.0 Å². The molecule has 152 valence electrons. The number of aromatic nitrogens is 4. The summed E-state index contributed by atoms with van der Waals surface area (Å²) in [5.41, 5.74) is 1.92. The second-order valence-corrected chi connectivity index (χ2v) is 8.84. The van der Waals surface area contributed by atoms with Crippen LogP contribution < -0.4 is 5.32 Å². The zero-order valence-electron chi connectivity index (χ0n) is 16.4. The molecule has 1 aromatic carbocycles. The average Bonchev–Trinajstić information content (AvgIpc) is 3.33. The minimum Gasteiger partial charge on any atom is -0.301 e. The van der Waals surface area contributed by atoms with E-state index in [0.29, 0.717) is 5.13 Å². The van der Waals surface area contributed by atoms with Gasteiger partial charge in [-0.1, -0.05) is 36.4 Å². The fourth-order valence-electron chi connectivity index (χ4n) is 3.35. The summed E-state index contributed by atoms with van der Waals surface area (Å²) in [5.74, 6) is 1.08. The number of thioether (sulfide) groups is 1. The van der Waals surface area contributed by atoms with Crippen LogP contribution in [0, 0.1) is 6.92 Å². The molecule has 0 spiro atoms. The zero-order valence-corrected chi connectivity index (χ0v) is 18.0. The standard InChI is InChI=1S/C20H24N6OS2/c1-15-13-28-19(21-15)22-18(27)14-29-20-24-23-17(12-25-10-6-3-7-11-25)26(20)16-8-4-2-5-9-16/h2,4-5,8-9,13H,3,6-7,10-12,14H2,1H3,(H,21,22,27). The molecule has 29 heavy (non-hydrogen) atoms. The molecule has 0 radical (unpaired) electrons. The number of para-hydroxylation sites is 1. The van der Waals surface area contributed by atoms with Crippen molar-refractivity contribution in [2.24, 2.45) is 0 Å². The van der Waals surface area contributed by atoms with Crippen molar-refractivity contribution >= 4 is 34.1 Å². The van der Waals surface area contributed by atoms with Crippen molar-refractivity contribution in [2.45, 2.75) is 37.9 Å². The molecule has 0 atom stereocenters. The number of amides is 1. The fraction of sp³-hybridized carbons (Fsp3) is 0.400. The van der Waals surface area contributed by atoms with Crippen molar-refractivity contribution in [3.05, 3.63) is 47.2 Å². The van der Waals surface area contributed by atoms with E-state index in [4.69, 9.17) is 0 Å². The molecule has 0 unspecified atom stereocenters. The van der Waals surface area contributed by atoms with E-state index in [1.165, 1.54) is 42.4 Å². The Kier molecular flexibility index (Phi) is 6.58. The first-order valence-electron chi connectivity index (χ1n) is 9.76. The van der Waals surface area contributed by atoms with E-state index in [-0.39, 0.29) is 11.7 Å². The van der Waals surface area contributed by atoms with Crippen LogP contribution in [0.3, 0.4) is 0 Å². The molecule has 3 heterocycles. The summed E-state index contributed by atoms with van der Waals surface area (Å²) in [7, 11) is 0. The SMILES string of the molecule is Cc1csc(NC(=O)CSc2nnc(CN3CCCCC3)n2-c2ccccc2)n1. The first kappa shape index (κ1) is 20.1. The Bertz CT molecular complexity index is 949. The quantitative estimate of drug-likeness (QED) is 0.578. The van der Waals surface area contributed by atoms with Crippen LogP contribution >= 0.6 is 23.1 Å². The highest BCUT2D eigenvalue weighted by Crippen LogP contribution is 2.24. The van der Waals surface area contributed by atoms with Crippen molar-refractivity contribution < 1.29 is 4.79 Å². The summed E-state index contributed by atoms with van der Waals surface area (Å²) < 4.78 is 2.07. The second kappa shape index (κ2) is 9.51. The maximum Gasteiger partial charge on any atom is 0.236 e. The summed E-state index contributed by atoms with van der Waals surface area (Å²) in [5, 5.41) is 15.0. The number of carbonyl (C=O) groups is 1. The summed E-state index contributed by atoms with van der Waals surface area (Å²) in [6.45, 7) is 4.87. The number of piperidine rings is 1. The number of likely N-dealkylation sites (tertiary alicyclic amines) is 1. The van der Waals surface area contributed by atoms with Crippen molar-refractivity contribution in [1.29, 1.82) is 0 Å². The maximum atomic E-state index is 12.3. The van der Waals surface area contributed by atoms with Crippen LogP contribution in [0.5, 0.6) is 0 Å². The Morgan fingerprint density at radius 2 is 1.97 bits per heavy atom. The number of hydrogen-bond acceptors (Lipinski definition) is 7. The molecule has 1 fully saturated rings. The van der Waals surface area contributed by atoms with E-state index in [1.807, 2.05) is 42.6 Å². The number of nitrogens with one attached hydrogen (secondary N) is 1. The summed E-state index contributed by atoms with van der Waals surface area (Å²) in [6.07, 6.45) is 3.77. The summed E-state index contributed by atoms with van der Waals surface area (Å²) in [6, 6.07) is 10.1. The smallest absolute Gasteiger partial charge is 0.236 e. The van der Waals surface area contributed by atoms with Gasteiger partial charge in [0.05, 0.1) is 18.0 Å². The lowest BCUT2D eigenvalue weighted by Gasteiger charge is -2.26. The van der Waals surface area contributed by atoms with Crippen molar-refractivity contribution in [3.8, 4) is 5.69 Å². The molecular weight excluding hydrogens is 404 g/mol. The number of hydrogen-bond donors (Lipinski definition) is 1. The number of aryl methyl sites for hydroxylation is 1. The summed E-state index contributed by atoms with van der Waals surface area (Å²) in [4.78, 5) is 19.0. The van der Waals surface area contributed by atoms with Gasteiger partial charge in [0.15, 0.2) is 16.1 Å². The van der Waals surface area contributed by atoms with E-state index < -0.39 is 0 Å². The molecular formula is C20H24N6OS2. The van der Waals surface area contributed by atoms with Gasteiger partial charge in [0, 0.05) is 11.1 Å². The molecule has 9 heteroatoms. The van der Waals surface area contributed by atoms with Crippen molar-refractivity contribution in [3.63, 3.8) is 0 Å². The molecule has 3 aromatic rings. The Morgan fingerprint density at radius 1 is 1.17 bits per heavy atom. The van der Waals surface area contributed by atoms with Crippen LogP contribution in [0.2, 0.25) is 0 Å². The lowest BCUT2D eigenvalue weighted by Crippen LogP contribution is -2.30. The average molecular weight is 429 g/mol. The third-order valence-corrected chi connectivity index (χ3v) is 6.53. The van der Waals surface area contributed by atoms with Crippen LogP contribution in [0.15, 0.2) is 40.9 Å². The van der Waals surface area contributed by atoms with Crippen LogP contribution in [0.25, 0.3) is 5.69 Å². The first-order chi connectivity index (χ1) is 14.2. The molecule has 1 amide bonds. The first-order valence-corrected chi connectivity index (χ1v) is 11.6.